The van der Waals surface area contributed by atoms with Crippen LogP contribution in [-0.2, 0) is 45.8 Å². The molecule has 10 aromatic heterocycles. The van der Waals surface area contributed by atoms with Gasteiger partial charge in [0.15, 0.2) is 28.2 Å². The number of aromatic nitrogens is 20. The Bertz CT molecular complexity index is 6670. The van der Waals surface area contributed by atoms with Crippen molar-refractivity contribution in [3.05, 3.63) is 197 Å². The standard InChI is InChI=1S/C16H12F5N5O2.C16H13F5N4O2.C15H10F5N5O2.C14H8ClF5N4O.C14H10F5N5O/c1-8(27)22-11-7-12-23-24-14(15(2,17)18)26(12)25-13(11)9-3-5-10(6-4-9)28-16(19,20)21;1-15(17,18)14-24-23-13-12(8-26-2)22-11(7-25(13)14)9-3-5-10(6-4-9)27-16(19,20)21;1-14(16,17)13-23-22-10-6-9(12(21)26)11(24-25(10)13)7-2-4-8(5-3-7)27-15(18,19)20;1-13(16,17)12-22-21-11-9(15)6-10(23-24(11)12)7-2-4-8(5-3-7)25-14(18,19)20;1-13(15,16)12-22-21-10-6-9(20)11(23-24(10)12)7-2-4-8(5-3-7)25-14(17,18)19/h3-7H,1-2H3,(H,22,27);3-7H,8H2,1-2H3;2-6H,1H3,(H2,21,26);2-6H,1H3;2-6H,20H2,1H3. The first-order chi connectivity index (χ1) is 61.1. The number of nitrogens with zero attached hydrogens (tertiary/aromatic N) is 20. The maximum absolute atomic E-state index is 13.8. The van der Waals surface area contributed by atoms with E-state index in [2.05, 4.69) is 105 Å². The van der Waals surface area contributed by atoms with Gasteiger partial charge in [-0.25, -0.2) is 4.98 Å². The van der Waals surface area contributed by atoms with E-state index in [1.54, 1.807) is 0 Å². The number of ether oxygens (including phenoxy) is 6. The number of benzene rings is 5. The fraction of sp³-hybridized carbons (Fsp3) is 0.240. The fourth-order valence-electron chi connectivity index (χ4n) is 11.4. The van der Waals surface area contributed by atoms with E-state index in [4.69, 9.17) is 27.8 Å². The molecule has 698 valence electrons. The Morgan fingerprint density at radius 3 is 1.07 bits per heavy atom. The molecule has 0 radical (unpaired) electrons. The first kappa shape index (κ1) is 97.7. The summed E-state index contributed by atoms with van der Waals surface area (Å²) < 4.78 is 348. The van der Waals surface area contributed by atoms with Crippen molar-refractivity contribution in [2.45, 2.75) is 110 Å². The van der Waals surface area contributed by atoms with Crippen molar-refractivity contribution >= 4 is 63.0 Å². The van der Waals surface area contributed by atoms with Crippen LogP contribution in [0.1, 0.15) is 86.7 Å². The largest absolute Gasteiger partial charge is 0.573 e. The highest BCUT2D eigenvalue weighted by Gasteiger charge is 2.40. The summed E-state index contributed by atoms with van der Waals surface area (Å²) >= 11 is 6.01. The number of hydrogen-bond donors (Lipinski definition) is 3. The van der Waals surface area contributed by atoms with Crippen LogP contribution in [0.25, 0.3) is 84.5 Å². The van der Waals surface area contributed by atoms with Gasteiger partial charge in [0.25, 0.3) is 5.91 Å². The summed E-state index contributed by atoms with van der Waals surface area (Å²) in [6, 6.07) is 28.2. The molecule has 0 unspecified atom stereocenters. The maximum atomic E-state index is 13.8. The number of nitrogen functional groups attached to an aromatic ring is 1. The van der Waals surface area contributed by atoms with Crippen LogP contribution in [0.2, 0.25) is 5.02 Å². The number of alkyl halides is 25. The van der Waals surface area contributed by atoms with E-state index in [1.165, 1.54) is 99.1 Å². The third kappa shape index (κ3) is 24.7. The first-order valence-electron chi connectivity index (χ1n) is 36.1. The summed E-state index contributed by atoms with van der Waals surface area (Å²) in [4.78, 5) is 27.5. The quantitative estimate of drug-likeness (QED) is 0.0633. The average molecular weight is 1910 g/mol. The molecule has 2 amide bonds. The van der Waals surface area contributed by atoms with Gasteiger partial charge in [-0.3, -0.25) is 14.0 Å². The predicted molar refractivity (Wildman–Crippen MR) is 405 cm³/mol. The minimum atomic E-state index is -4.87. The summed E-state index contributed by atoms with van der Waals surface area (Å²) in [6.07, 6.45) is -22.9. The second-order valence-electron chi connectivity index (χ2n) is 27.4. The Labute approximate surface area is 723 Å². The molecule has 0 bridgehead atoms. The van der Waals surface area contributed by atoms with Crippen molar-refractivity contribution in [2.24, 2.45) is 5.73 Å². The van der Waals surface area contributed by atoms with Gasteiger partial charge in [0.1, 0.15) is 51.5 Å². The molecule has 0 aliphatic heterocycles. The average Bonchev–Trinajstić information content (AvgIpc) is 1.37. The lowest BCUT2D eigenvalue weighted by molar-refractivity contribution is -0.275. The summed E-state index contributed by atoms with van der Waals surface area (Å²) in [5.74, 6) is -23.7. The number of methoxy groups -OCH3 is 1. The Morgan fingerprint density at radius 1 is 0.379 bits per heavy atom. The molecule has 15 rings (SSSR count). The van der Waals surface area contributed by atoms with Gasteiger partial charge in [-0.05, 0) is 133 Å². The van der Waals surface area contributed by atoms with E-state index in [-0.39, 0.29) is 102 Å². The van der Waals surface area contributed by atoms with Crippen molar-refractivity contribution < 1.29 is 148 Å². The minimum absolute atomic E-state index is 0.0139. The topological polar surface area (TPSA) is 369 Å². The lowest BCUT2D eigenvalue weighted by Gasteiger charge is -2.13. The summed E-state index contributed by atoms with van der Waals surface area (Å²) in [6.45, 7) is 4.39. The molecule has 0 atom stereocenters. The van der Waals surface area contributed by atoms with Gasteiger partial charge < -0.3 is 45.2 Å². The van der Waals surface area contributed by atoms with Crippen LogP contribution in [0.4, 0.5) is 121 Å². The van der Waals surface area contributed by atoms with Crippen LogP contribution in [0.3, 0.4) is 0 Å². The summed E-state index contributed by atoms with van der Waals surface area (Å²) in [5.41, 5.74) is 13.2. The highest BCUT2D eigenvalue weighted by molar-refractivity contribution is 6.33. The van der Waals surface area contributed by atoms with Gasteiger partial charge in [-0.2, -0.15) is 82.4 Å². The molecule has 31 nitrogen and oxygen atoms in total. The molecule has 15 aromatic rings. The molecule has 0 fully saturated rings. The highest BCUT2D eigenvalue weighted by Crippen LogP contribution is 2.40. The van der Waals surface area contributed by atoms with E-state index >= 15 is 0 Å². The van der Waals surface area contributed by atoms with E-state index in [1.807, 2.05) is 0 Å². The second-order valence-corrected chi connectivity index (χ2v) is 27.8. The summed E-state index contributed by atoms with van der Waals surface area (Å²) in [7, 11) is 1.40. The SMILES string of the molecule is CC(=O)Nc1cc2nnc(C(C)(F)F)n2nc1-c1ccc(OC(F)(F)F)cc1.CC(F)(F)c1nnc2c(Cl)cc(-c3ccc(OC(F)(F)F)cc3)nn12.CC(F)(F)c1nnc2cc(C(N)=O)c(-c3ccc(OC(F)(F)F)cc3)nn12.CC(F)(F)c1nnc2cc(N)c(-c3ccc(OC(F)(F)F)cc3)nn12.COCc1nc(-c2ccc(OC(F)(F)F)cc2)cn2c(C(C)(F)F)nnc12. The van der Waals surface area contributed by atoms with Gasteiger partial charge in [0.2, 0.25) is 35.0 Å². The summed E-state index contributed by atoms with van der Waals surface area (Å²) in [5, 5.41) is 53.6. The van der Waals surface area contributed by atoms with Crippen LogP contribution in [0.5, 0.6) is 28.7 Å². The Hall–Kier alpha value is -14.9. The number of nitrogens with two attached hydrogens (primary N) is 2. The molecule has 0 saturated heterocycles. The molecule has 132 heavy (non-hydrogen) atoms. The Morgan fingerprint density at radius 2 is 0.697 bits per heavy atom. The molecule has 0 saturated carbocycles. The highest BCUT2D eigenvalue weighted by atomic mass is 35.5. The predicted octanol–water partition coefficient (Wildman–Crippen LogP) is 18.4. The molecular formula is C75H53ClF25N23O8. The van der Waals surface area contributed by atoms with Gasteiger partial charge in [0, 0.05) is 94.8 Å². The number of halogens is 26. The first-order valence-corrected chi connectivity index (χ1v) is 36.4. The van der Waals surface area contributed by atoms with Crippen molar-refractivity contribution in [2.75, 3.05) is 18.2 Å². The number of amides is 2. The van der Waals surface area contributed by atoms with Gasteiger partial charge >= 0.3 is 61.4 Å². The second kappa shape index (κ2) is 36.9. The Kier molecular flexibility index (Phi) is 27.3. The number of hydrogen-bond acceptors (Lipinski definition) is 24. The molecule has 0 aliphatic rings. The Balaban J connectivity index is 0.000000159. The molecule has 5 N–H and O–H groups in total. The molecule has 57 heteroatoms. The molecular weight excluding hydrogens is 1860 g/mol. The third-order valence-corrected chi connectivity index (χ3v) is 16.9. The normalized spacial score (nSPS) is 12.5. The molecule has 5 aromatic carbocycles. The van der Waals surface area contributed by atoms with Crippen molar-refractivity contribution in [3.63, 3.8) is 0 Å². The third-order valence-electron chi connectivity index (χ3n) is 16.7. The lowest BCUT2D eigenvalue weighted by Crippen LogP contribution is -2.18. The van der Waals surface area contributed by atoms with Crippen LogP contribution in [0, 0.1) is 0 Å². The van der Waals surface area contributed by atoms with Gasteiger partial charge in [-0.15, -0.1) is 117 Å². The number of primary amides is 1. The lowest BCUT2D eigenvalue weighted by atomic mass is 10.1. The van der Waals surface area contributed by atoms with E-state index in [9.17, 15) is 119 Å². The number of nitrogens with one attached hydrogen (secondary N) is 1. The zero-order chi connectivity index (χ0) is 97.3. The fourth-order valence-corrected chi connectivity index (χ4v) is 11.7. The van der Waals surface area contributed by atoms with Crippen molar-refractivity contribution in [1.29, 1.82) is 0 Å². The molecule has 0 aliphatic carbocycles. The minimum Gasteiger partial charge on any atom is -0.406 e. The smallest absolute Gasteiger partial charge is 0.406 e. The molecule has 0 spiro atoms. The van der Waals surface area contributed by atoms with Crippen LogP contribution < -0.4 is 40.5 Å². The van der Waals surface area contributed by atoms with Crippen molar-refractivity contribution in [3.8, 4) is 85.0 Å². The van der Waals surface area contributed by atoms with Crippen LogP contribution in [-0.4, -0.2) is 150 Å². The van der Waals surface area contributed by atoms with Crippen LogP contribution >= 0.6 is 11.6 Å². The van der Waals surface area contributed by atoms with Gasteiger partial charge in [-0.1, -0.05) is 11.6 Å². The number of fused-ring (bicyclic) bond motifs is 5. The monoisotopic (exact) mass is 1910 g/mol. The number of anilines is 2. The van der Waals surface area contributed by atoms with Crippen molar-refractivity contribution in [1.82, 2.24) is 98.8 Å². The maximum Gasteiger partial charge on any atom is 0.573 e. The van der Waals surface area contributed by atoms with Gasteiger partial charge in [0.05, 0.1) is 40.0 Å². The van der Waals surface area contributed by atoms with E-state index in [0.29, 0.717) is 51.3 Å². The molecule has 10 heterocycles. The zero-order valence-electron chi connectivity index (χ0n) is 66.8. The van der Waals surface area contributed by atoms with E-state index < -0.39 is 131 Å². The zero-order valence-corrected chi connectivity index (χ0v) is 67.6. The number of carbonyl (C=O) groups is 2. The number of carbonyl (C=O) groups excluding carboxylic acids is 2. The van der Waals surface area contributed by atoms with Crippen LogP contribution in [0.15, 0.2) is 152 Å². The van der Waals surface area contributed by atoms with E-state index in [0.717, 1.165) is 89.2 Å². The number of rotatable bonds is 19.